The zero-order valence-electron chi connectivity index (χ0n) is 9.20. The molecule has 0 aliphatic carbocycles. The molecule has 0 radical (unpaired) electrons. The van der Waals surface area contributed by atoms with E-state index in [0.29, 0.717) is 11.2 Å². The van der Waals surface area contributed by atoms with E-state index in [-0.39, 0.29) is 0 Å². The first-order valence-corrected chi connectivity index (χ1v) is 6.49. The molecule has 0 aromatic carbocycles. The Bertz CT molecular complexity index is 184. The molecule has 1 rings (SSSR count). The highest BCUT2D eigenvalue weighted by Crippen LogP contribution is 2.25. The molecule has 1 fully saturated rings. The lowest BCUT2D eigenvalue weighted by Gasteiger charge is -2.19. The minimum atomic E-state index is 0.711. The van der Waals surface area contributed by atoms with Gasteiger partial charge in [-0.15, -0.1) is 0 Å². The zero-order chi connectivity index (χ0) is 10.4. The van der Waals surface area contributed by atoms with Gasteiger partial charge < -0.3 is 10.6 Å². The van der Waals surface area contributed by atoms with Crippen LogP contribution in [-0.4, -0.2) is 41.5 Å². The second-order valence-electron chi connectivity index (χ2n) is 3.51. The second-order valence-corrected chi connectivity index (χ2v) is 4.91. The molecule has 0 bridgehead atoms. The van der Waals surface area contributed by atoms with E-state index in [1.165, 1.54) is 18.6 Å². The van der Waals surface area contributed by atoms with Crippen molar-refractivity contribution in [3.8, 4) is 0 Å². The summed E-state index contributed by atoms with van der Waals surface area (Å²) in [6, 6.07) is 0. The molecule has 1 unspecified atom stereocenters. The first-order valence-electron chi connectivity index (χ1n) is 5.44. The van der Waals surface area contributed by atoms with Gasteiger partial charge in [-0.2, -0.15) is 11.8 Å². The van der Waals surface area contributed by atoms with Crippen molar-refractivity contribution in [1.29, 1.82) is 0 Å². The third kappa shape index (κ3) is 3.40. The summed E-state index contributed by atoms with van der Waals surface area (Å²) in [5.41, 5.74) is 5.88. The highest BCUT2D eigenvalue weighted by molar-refractivity contribution is 8.00. The maximum atomic E-state index is 5.88. The highest BCUT2D eigenvalue weighted by Gasteiger charge is 2.15. The summed E-state index contributed by atoms with van der Waals surface area (Å²) in [4.78, 5) is 6.54. The van der Waals surface area contributed by atoms with E-state index in [2.05, 4.69) is 23.7 Å². The Hall–Kier alpha value is -0.380. The number of rotatable bonds is 4. The predicted octanol–water partition coefficient (Wildman–Crippen LogP) is 1.54. The molecular weight excluding hydrogens is 194 g/mol. The smallest absolute Gasteiger partial charge is 0.191 e. The van der Waals surface area contributed by atoms with Gasteiger partial charge in [0, 0.05) is 18.3 Å². The Morgan fingerprint density at radius 3 is 2.71 bits per heavy atom. The normalized spacial score (nSPS) is 22.7. The summed E-state index contributed by atoms with van der Waals surface area (Å²) in [5, 5.41) is 0.712. The van der Waals surface area contributed by atoms with Crippen LogP contribution in [0, 0.1) is 0 Å². The van der Waals surface area contributed by atoms with Crippen molar-refractivity contribution in [1.82, 2.24) is 4.90 Å². The van der Waals surface area contributed by atoms with Gasteiger partial charge in [-0.3, -0.25) is 4.99 Å². The van der Waals surface area contributed by atoms with E-state index in [1.54, 1.807) is 0 Å². The fourth-order valence-corrected chi connectivity index (χ4v) is 2.81. The number of nitrogens with zero attached hydrogens (tertiary/aromatic N) is 2. The number of aliphatic imine (C=N–C) groups is 1. The van der Waals surface area contributed by atoms with Crippen LogP contribution in [-0.2, 0) is 0 Å². The summed E-state index contributed by atoms with van der Waals surface area (Å²) in [5.74, 6) is 2.01. The van der Waals surface area contributed by atoms with Crippen LogP contribution in [0.1, 0.15) is 26.7 Å². The van der Waals surface area contributed by atoms with Gasteiger partial charge in [0.15, 0.2) is 5.96 Å². The van der Waals surface area contributed by atoms with Crippen molar-refractivity contribution >= 4 is 17.7 Å². The van der Waals surface area contributed by atoms with Crippen LogP contribution < -0.4 is 5.73 Å². The first kappa shape index (κ1) is 11.7. The molecule has 1 atom stereocenters. The molecule has 0 amide bonds. The lowest BCUT2D eigenvalue weighted by atomic mass is 10.2. The molecule has 3 nitrogen and oxygen atoms in total. The molecule has 2 N–H and O–H groups in total. The van der Waals surface area contributed by atoms with Gasteiger partial charge in [-0.25, -0.2) is 0 Å². The molecule has 0 saturated carbocycles. The van der Waals surface area contributed by atoms with Gasteiger partial charge in [0.05, 0.1) is 6.54 Å². The molecule has 82 valence electrons. The molecule has 4 heteroatoms. The lowest BCUT2D eigenvalue weighted by Crippen LogP contribution is -2.37. The van der Waals surface area contributed by atoms with Crippen LogP contribution in [0.2, 0.25) is 0 Å². The molecular formula is C10H21N3S. The largest absolute Gasteiger partial charge is 0.370 e. The van der Waals surface area contributed by atoms with Crippen LogP contribution in [0.5, 0.6) is 0 Å². The van der Waals surface area contributed by atoms with Crippen molar-refractivity contribution < 1.29 is 0 Å². The topological polar surface area (TPSA) is 41.6 Å². The zero-order valence-corrected chi connectivity index (χ0v) is 10.0. The maximum absolute atomic E-state index is 5.88. The highest BCUT2D eigenvalue weighted by atomic mass is 32.2. The van der Waals surface area contributed by atoms with Gasteiger partial charge >= 0.3 is 0 Å². The number of hydrogen-bond donors (Lipinski definition) is 1. The Morgan fingerprint density at radius 2 is 2.21 bits per heavy atom. The van der Waals surface area contributed by atoms with E-state index < -0.39 is 0 Å². The Morgan fingerprint density at radius 1 is 1.50 bits per heavy atom. The number of hydrogen-bond acceptors (Lipinski definition) is 2. The van der Waals surface area contributed by atoms with Gasteiger partial charge in [-0.1, -0.05) is 0 Å². The van der Waals surface area contributed by atoms with E-state index in [4.69, 9.17) is 5.73 Å². The summed E-state index contributed by atoms with van der Waals surface area (Å²) < 4.78 is 0. The monoisotopic (exact) mass is 215 g/mol. The summed E-state index contributed by atoms with van der Waals surface area (Å²) in [6.07, 6.45) is 2.65. The quantitative estimate of drug-likeness (QED) is 0.571. The van der Waals surface area contributed by atoms with Gasteiger partial charge in [0.2, 0.25) is 0 Å². The Balaban J connectivity index is 2.33. The number of thioether (sulfide) groups is 1. The van der Waals surface area contributed by atoms with Crippen LogP contribution in [0.3, 0.4) is 0 Å². The Kier molecular flexibility index (Phi) is 5.15. The fourth-order valence-electron chi connectivity index (χ4n) is 1.63. The molecule has 14 heavy (non-hydrogen) atoms. The van der Waals surface area contributed by atoms with Gasteiger partial charge in [-0.05, 0) is 32.4 Å². The van der Waals surface area contributed by atoms with Gasteiger partial charge in [0.1, 0.15) is 0 Å². The van der Waals surface area contributed by atoms with Crippen molar-refractivity contribution in [2.45, 2.75) is 31.9 Å². The minimum Gasteiger partial charge on any atom is -0.370 e. The SMILES string of the molecule is CCN(CC)C(N)=NCC1CCCS1. The third-order valence-electron chi connectivity index (χ3n) is 2.57. The molecule has 0 aromatic heterocycles. The van der Waals surface area contributed by atoms with Crippen LogP contribution >= 0.6 is 11.8 Å². The molecule has 1 aliphatic heterocycles. The summed E-state index contributed by atoms with van der Waals surface area (Å²) in [6.45, 7) is 7.01. The van der Waals surface area contributed by atoms with Crippen molar-refractivity contribution in [3.63, 3.8) is 0 Å². The molecule has 1 heterocycles. The average molecular weight is 215 g/mol. The molecule has 0 aromatic rings. The fraction of sp³-hybridized carbons (Fsp3) is 0.900. The van der Waals surface area contributed by atoms with Crippen molar-refractivity contribution in [3.05, 3.63) is 0 Å². The number of guanidine groups is 1. The summed E-state index contributed by atoms with van der Waals surface area (Å²) >= 11 is 2.03. The van der Waals surface area contributed by atoms with E-state index in [0.717, 1.165) is 19.6 Å². The van der Waals surface area contributed by atoms with Gasteiger partial charge in [0.25, 0.3) is 0 Å². The van der Waals surface area contributed by atoms with Crippen molar-refractivity contribution in [2.24, 2.45) is 10.7 Å². The number of nitrogens with two attached hydrogens (primary N) is 1. The third-order valence-corrected chi connectivity index (χ3v) is 3.95. The molecule has 1 aliphatic rings. The maximum Gasteiger partial charge on any atom is 0.191 e. The van der Waals surface area contributed by atoms with Crippen LogP contribution in [0.25, 0.3) is 0 Å². The van der Waals surface area contributed by atoms with E-state index in [1.807, 2.05) is 11.8 Å². The van der Waals surface area contributed by atoms with E-state index >= 15 is 0 Å². The molecule has 0 spiro atoms. The Labute approximate surface area is 91.1 Å². The van der Waals surface area contributed by atoms with Crippen LogP contribution in [0.15, 0.2) is 4.99 Å². The summed E-state index contributed by atoms with van der Waals surface area (Å²) in [7, 11) is 0. The lowest BCUT2D eigenvalue weighted by molar-refractivity contribution is 0.458. The van der Waals surface area contributed by atoms with E-state index in [9.17, 15) is 0 Å². The molecule has 1 saturated heterocycles. The minimum absolute atomic E-state index is 0.711. The van der Waals surface area contributed by atoms with Crippen LogP contribution in [0.4, 0.5) is 0 Å². The average Bonchev–Trinajstić information content (AvgIpc) is 2.69. The standard InChI is InChI=1S/C10H21N3S/c1-3-13(4-2)10(11)12-8-9-6-5-7-14-9/h9H,3-8H2,1-2H3,(H2,11,12). The predicted molar refractivity (Wildman–Crippen MR) is 64.9 cm³/mol. The second kappa shape index (κ2) is 6.17. The van der Waals surface area contributed by atoms with Crippen molar-refractivity contribution in [2.75, 3.05) is 25.4 Å². The first-order chi connectivity index (χ1) is 6.77.